The minimum Gasteiger partial charge on any atom is -0.328 e. The van der Waals surface area contributed by atoms with Crippen LogP contribution in [0.25, 0.3) is 0 Å². The zero-order chi connectivity index (χ0) is 17.9. The third-order valence-electron chi connectivity index (χ3n) is 5.48. The normalized spacial score (nSPS) is 12.0. The SMILES string of the molecule is CCCCCCCCCCCC[N+](C)(C)CCCCCCCCC. The van der Waals surface area contributed by atoms with Crippen LogP contribution in [-0.2, 0) is 0 Å². The molecule has 0 aromatic rings. The molecular weight excluding hydrogens is 290 g/mol. The van der Waals surface area contributed by atoms with Crippen molar-refractivity contribution >= 4 is 0 Å². The standard InChI is InChI=1S/C23H50N/c1-5-7-9-11-13-14-15-17-19-21-23-24(3,4)22-20-18-16-12-10-8-6-2/h5-23H2,1-4H3/q+1. The molecule has 0 aromatic heterocycles. The van der Waals surface area contributed by atoms with Gasteiger partial charge in [-0.05, 0) is 25.7 Å². The van der Waals surface area contributed by atoms with Crippen LogP contribution in [0.3, 0.4) is 0 Å². The zero-order valence-corrected chi connectivity index (χ0v) is 17.9. The van der Waals surface area contributed by atoms with Crippen LogP contribution in [0.4, 0.5) is 0 Å². The summed E-state index contributed by atoms with van der Waals surface area (Å²) in [5.74, 6) is 0. The topological polar surface area (TPSA) is 0 Å². The summed E-state index contributed by atoms with van der Waals surface area (Å²) in [4.78, 5) is 0. The smallest absolute Gasteiger partial charge is 0.0782 e. The first-order chi connectivity index (χ1) is 11.6. The molecule has 0 aromatic carbocycles. The van der Waals surface area contributed by atoms with E-state index in [0.29, 0.717) is 0 Å². The third kappa shape index (κ3) is 18.3. The molecule has 146 valence electrons. The Bertz CT molecular complexity index is 234. The van der Waals surface area contributed by atoms with Crippen LogP contribution in [0.2, 0.25) is 0 Å². The van der Waals surface area contributed by atoms with Crippen LogP contribution in [-0.4, -0.2) is 31.7 Å². The summed E-state index contributed by atoms with van der Waals surface area (Å²) < 4.78 is 1.24. The van der Waals surface area contributed by atoms with Gasteiger partial charge in [0.25, 0.3) is 0 Å². The average molecular weight is 341 g/mol. The fraction of sp³-hybridized carbons (Fsp3) is 1.00. The molecule has 0 saturated heterocycles. The highest BCUT2D eigenvalue weighted by Gasteiger charge is 2.13. The second kappa shape index (κ2) is 17.8. The molecular formula is C23H50N+. The van der Waals surface area contributed by atoms with Crippen molar-refractivity contribution in [2.45, 2.75) is 123 Å². The Morgan fingerprint density at radius 2 is 0.625 bits per heavy atom. The maximum Gasteiger partial charge on any atom is 0.0782 e. The Morgan fingerprint density at radius 1 is 0.375 bits per heavy atom. The number of rotatable bonds is 19. The summed E-state index contributed by atoms with van der Waals surface area (Å²) >= 11 is 0. The van der Waals surface area contributed by atoms with Gasteiger partial charge < -0.3 is 4.48 Å². The van der Waals surface area contributed by atoms with Gasteiger partial charge in [-0.3, -0.25) is 0 Å². The molecule has 24 heavy (non-hydrogen) atoms. The highest BCUT2D eigenvalue weighted by molar-refractivity contribution is 4.49. The monoisotopic (exact) mass is 340 g/mol. The van der Waals surface area contributed by atoms with Gasteiger partial charge in [-0.25, -0.2) is 0 Å². The quantitative estimate of drug-likeness (QED) is 0.167. The lowest BCUT2D eigenvalue weighted by Crippen LogP contribution is -2.41. The van der Waals surface area contributed by atoms with Gasteiger partial charge in [-0.15, -0.1) is 0 Å². The highest BCUT2D eigenvalue weighted by atomic mass is 15.3. The lowest BCUT2D eigenvalue weighted by Gasteiger charge is -2.30. The first-order valence-electron chi connectivity index (χ1n) is 11.4. The molecule has 0 aliphatic heterocycles. The second-order valence-electron chi connectivity index (χ2n) is 8.69. The Morgan fingerprint density at radius 3 is 0.917 bits per heavy atom. The lowest BCUT2D eigenvalue weighted by molar-refractivity contribution is -0.890. The van der Waals surface area contributed by atoms with Gasteiger partial charge in [0.15, 0.2) is 0 Å². The number of quaternary nitrogens is 1. The molecule has 0 N–H and O–H groups in total. The summed E-state index contributed by atoms with van der Waals surface area (Å²) in [6, 6.07) is 0. The Hall–Kier alpha value is -0.0400. The fourth-order valence-corrected chi connectivity index (χ4v) is 3.64. The molecule has 1 nitrogen and oxygen atoms in total. The molecule has 0 aliphatic rings. The fourth-order valence-electron chi connectivity index (χ4n) is 3.64. The maximum atomic E-state index is 2.44. The first kappa shape index (κ1) is 24.0. The largest absolute Gasteiger partial charge is 0.328 e. The molecule has 0 spiro atoms. The van der Waals surface area contributed by atoms with Gasteiger partial charge in [0.1, 0.15) is 0 Å². The van der Waals surface area contributed by atoms with Crippen molar-refractivity contribution in [2.24, 2.45) is 0 Å². The average Bonchev–Trinajstić information content (AvgIpc) is 2.55. The van der Waals surface area contributed by atoms with Gasteiger partial charge in [-0.1, -0.05) is 97.3 Å². The summed E-state index contributed by atoms with van der Waals surface area (Å²) in [7, 11) is 4.87. The Balaban J connectivity index is 3.31. The molecule has 0 amide bonds. The van der Waals surface area contributed by atoms with Crippen molar-refractivity contribution in [2.75, 3.05) is 27.2 Å². The molecule has 0 rings (SSSR count). The van der Waals surface area contributed by atoms with E-state index in [2.05, 4.69) is 27.9 Å². The predicted octanol–water partition coefficient (Wildman–Crippen LogP) is 7.73. The van der Waals surface area contributed by atoms with Crippen molar-refractivity contribution in [3.8, 4) is 0 Å². The van der Waals surface area contributed by atoms with Gasteiger partial charge in [0.2, 0.25) is 0 Å². The summed E-state index contributed by atoms with van der Waals surface area (Å²) in [5.41, 5.74) is 0. The molecule has 0 bridgehead atoms. The van der Waals surface area contributed by atoms with Crippen molar-refractivity contribution < 1.29 is 4.48 Å². The van der Waals surface area contributed by atoms with E-state index in [9.17, 15) is 0 Å². The van der Waals surface area contributed by atoms with Crippen LogP contribution < -0.4 is 0 Å². The van der Waals surface area contributed by atoms with Gasteiger partial charge in [-0.2, -0.15) is 0 Å². The number of nitrogens with zero attached hydrogens (tertiary/aromatic N) is 1. The van der Waals surface area contributed by atoms with E-state index in [4.69, 9.17) is 0 Å². The van der Waals surface area contributed by atoms with Crippen LogP contribution in [0.1, 0.15) is 123 Å². The number of hydrogen-bond acceptors (Lipinski definition) is 0. The van der Waals surface area contributed by atoms with E-state index in [1.54, 1.807) is 0 Å². The van der Waals surface area contributed by atoms with E-state index in [0.717, 1.165) is 0 Å². The van der Waals surface area contributed by atoms with Crippen LogP contribution in [0.5, 0.6) is 0 Å². The molecule has 0 atom stereocenters. The van der Waals surface area contributed by atoms with Crippen molar-refractivity contribution in [3.63, 3.8) is 0 Å². The number of hydrogen-bond donors (Lipinski definition) is 0. The first-order valence-corrected chi connectivity index (χ1v) is 11.4. The molecule has 0 fully saturated rings. The minimum atomic E-state index is 1.24. The van der Waals surface area contributed by atoms with Gasteiger partial charge in [0, 0.05) is 0 Å². The van der Waals surface area contributed by atoms with Crippen LogP contribution >= 0.6 is 0 Å². The minimum absolute atomic E-state index is 1.24. The van der Waals surface area contributed by atoms with Crippen LogP contribution in [0, 0.1) is 0 Å². The Kier molecular flexibility index (Phi) is 17.7. The Labute approximate surface area is 155 Å². The predicted molar refractivity (Wildman–Crippen MR) is 112 cm³/mol. The van der Waals surface area contributed by atoms with Gasteiger partial charge >= 0.3 is 0 Å². The summed E-state index contributed by atoms with van der Waals surface area (Å²) in [6.07, 6.45) is 24.5. The molecule has 0 radical (unpaired) electrons. The maximum absolute atomic E-state index is 2.44. The molecule has 0 unspecified atom stereocenters. The van der Waals surface area contributed by atoms with Crippen molar-refractivity contribution in [1.82, 2.24) is 0 Å². The van der Waals surface area contributed by atoms with Gasteiger partial charge in [0.05, 0.1) is 27.2 Å². The highest BCUT2D eigenvalue weighted by Crippen LogP contribution is 2.13. The summed E-state index contributed by atoms with van der Waals surface area (Å²) in [6.45, 7) is 7.36. The molecule has 0 saturated carbocycles. The third-order valence-corrected chi connectivity index (χ3v) is 5.48. The van der Waals surface area contributed by atoms with E-state index in [1.165, 1.54) is 127 Å². The molecule has 1 heteroatoms. The van der Waals surface area contributed by atoms with Crippen LogP contribution in [0.15, 0.2) is 0 Å². The lowest BCUT2D eigenvalue weighted by atomic mass is 10.1. The number of unbranched alkanes of at least 4 members (excludes halogenated alkanes) is 15. The van der Waals surface area contributed by atoms with E-state index in [1.807, 2.05) is 0 Å². The summed E-state index contributed by atoms with van der Waals surface area (Å²) in [5, 5.41) is 0. The van der Waals surface area contributed by atoms with E-state index < -0.39 is 0 Å². The zero-order valence-electron chi connectivity index (χ0n) is 17.9. The second-order valence-corrected chi connectivity index (χ2v) is 8.69. The van der Waals surface area contributed by atoms with E-state index in [-0.39, 0.29) is 0 Å². The van der Waals surface area contributed by atoms with E-state index >= 15 is 0 Å². The van der Waals surface area contributed by atoms with Crippen molar-refractivity contribution in [3.05, 3.63) is 0 Å². The molecule has 0 heterocycles. The molecule has 0 aliphatic carbocycles. The van der Waals surface area contributed by atoms with Crippen molar-refractivity contribution in [1.29, 1.82) is 0 Å².